The van der Waals surface area contributed by atoms with Gasteiger partial charge in [0, 0.05) is 5.56 Å². The molecule has 0 radical (unpaired) electrons. The molecule has 0 spiro atoms. The number of halogens is 2. The number of nitriles is 1. The molecule has 0 aromatic heterocycles. The Morgan fingerprint density at radius 3 is 2.35 bits per heavy atom. The number of hydrogen-bond acceptors (Lipinski definition) is 1. The third kappa shape index (κ3) is 3.17. The van der Waals surface area contributed by atoms with Crippen LogP contribution in [0, 0.1) is 34.3 Å². The maximum Gasteiger partial charge on any atom is 0.129 e. The van der Waals surface area contributed by atoms with E-state index in [1.807, 2.05) is 0 Å². The molecule has 0 N–H and O–H groups in total. The Hall–Kier alpha value is -1.43. The predicted molar refractivity (Wildman–Crippen MR) is 75.0 cm³/mol. The quantitative estimate of drug-likeness (QED) is 0.759. The molecule has 1 aromatic carbocycles. The van der Waals surface area contributed by atoms with Gasteiger partial charge in [0.25, 0.3) is 0 Å². The van der Waals surface area contributed by atoms with Crippen molar-refractivity contribution in [2.75, 3.05) is 0 Å². The van der Waals surface area contributed by atoms with Gasteiger partial charge >= 0.3 is 0 Å². The summed E-state index contributed by atoms with van der Waals surface area (Å²) in [6, 6.07) is 6.26. The molecule has 0 aliphatic heterocycles. The van der Waals surface area contributed by atoms with E-state index in [4.69, 9.17) is 0 Å². The van der Waals surface area contributed by atoms with Crippen molar-refractivity contribution < 1.29 is 8.78 Å². The van der Waals surface area contributed by atoms with Gasteiger partial charge in [-0.3, -0.25) is 0 Å². The van der Waals surface area contributed by atoms with Gasteiger partial charge in [0.05, 0.1) is 11.5 Å². The molecule has 0 atom stereocenters. The molecular formula is C17H21F2N. The Morgan fingerprint density at radius 2 is 1.85 bits per heavy atom. The Labute approximate surface area is 119 Å². The van der Waals surface area contributed by atoms with Gasteiger partial charge in [0.1, 0.15) is 11.6 Å². The van der Waals surface area contributed by atoms with Crippen LogP contribution in [0.2, 0.25) is 0 Å². The molecule has 0 unspecified atom stereocenters. The lowest BCUT2D eigenvalue weighted by atomic mass is 9.67. The number of benzene rings is 1. The second kappa shape index (κ2) is 6.35. The average molecular weight is 277 g/mol. The van der Waals surface area contributed by atoms with E-state index < -0.39 is 17.0 Å². The third-order valence-electron chi connectivity index (χ3n) is 4.57. The van der Waals surface area contributed by atoms with Crippen LogP contribution in [0.5, 0.6) is 0 Å². The Morgan fingerprint density at radius 1 is 1.25 bits per heavy atom. The van der Waals surface area contributed by atoms with Gasteiger partial charge in [-0.05, 0) is 50.2 Å². The summed E-state index contributed by atoms with van der Waals surface area (Å²) in [6.07, 6.45) is 6.04. The van der Waals surface area contributed by atoms with E-state index in [0.717, 1.165) is 32.1 Å². The number of hydrogen-bond donors (Lipinski definition) is 0. The van der Waals surface area contributed by atoms with Crippen molar-refractivity contribution in [2.45, 2.75) is 51.9 Å². The highest BCUT2D eigenvalue weighted by Gasteiger charge is 2.36. The molecule has 1 aliphatic rings. The van der Waals surface area contributed by atoms with Gasteiger partial charge in [-0.15, -0.1) is 0 Å². The van der Waals surface area contributed by atoms with E-state index in [1.165, 1.54) is 24.6 Å². The SMILES string of the molecule is CCCC1CCC(C#N)(Cc2c(F)cccc2F)CC1. The zero-order valence-corrected chi connectivity index (χ0v) is 12.0. The largest absolute Gasteiger partial charge is 0.207 e. The van der Waals surface area contributed by atoms with Crippen molar-refractivity contribution >= 4 is 0 Å². The first-order chi connectivity index (χ1) is 9.60. The summed E-state index contributed by atoms with van der Waals surface area (Å²) in [6.45, 7) is 2.17. The molecule has 0 bridgehead atoms. The van der Waals surface area contributed by atoms with Crippen LogP contribution in [0.4, 0.5) is 8.78 Å². The lowest BCUT2D eigenvalue weighted by Crippen LogP contribution is -2.29. The van der Waals surface area contributed by atoms with Gasteiger partial charge in [-0.25, -0.2) is 8.78 Å². The fourth-order valence-corrected chi connectivity index (χ4v) is 3.29. The minimum atomic E-state index is -0.590. The first-order valence-electron chi connectivity index (χ1n) is 7.44. The van der Waals surface area contributed by atoms with E-state index in [9.17, 15) is 14.0 Å². The molecule has 1 aliphatic carbocycles. The number of rotatable bonds is 4. The summed E-state index contributed by atoms with van der Waals surface area (Å²) in [7, 11) is 0. The summed E-state index contributed by atoms with van der Waals surface area (Å²) in [5.74, 6) is -0.391. The zero-order valence-electron chi connectivity index (χ0n) is 12.0. The molecule has 1 fully saturated rings. The predicted octanol–water partition coefficient (Wildman–Crippen LogP) is 5.01. The van der Waals surface area contributed by atoms with Crippen molar-refractivity contribution in [1.29, 1.82) is 5.26 Å². The molecule has 1 saturated carbocycles. The Bertz CT molecular complexity index is 476. The molecule has 1 aromatic rings. The Kier molecular flexibility index (Phi) is 4.75. The second-order valence-corrected chi connectivity index (χ2v) is 6.00. The summed E-state index contributed by atoms with van der Waals surface area (Å²) in [5.41, 5.74) is -0.518. The minimum Gasteiger partial charge on any atom is -0.207 e. The molecule has 2 rings (SSSR count). The van der Waals surface area contributed by atoms with Crippen LogP contribution in [0.1, 0.15) is 51.0 Å². The van der Waals surface area contributed by atoms with Gasteiger partial charge in [-0.2, -0.15) is 5.26 Å². The van der Waals surface area contributed by atoms with Gasteiger partial charge in [0.2, 0.25) is 0 Å². The molecule has 0 amide bonds. The zero-order chi connectivity index (χ0) is 14.6. The smallest absolute Gasteiger partial charge is 0.129 e. The van der Waals surface area contributed by atoms with E-state index in [2.05, 4.69) is 13.0 Å². The third-order valence-corrected chi connectivity index (χ3v) is 4.57. The first kappa shape index (κ1) is 15.0. The van der Waals surface area contributed by atoms with Crippen molar-refractivity contribution in [3.8, 4) is 6.07 Å². The summed E-state index contributed by atoms with van der Waals surface area (Å²) < 4.78 is 27.5. The standard InChI is InChI=1S/C17H21F2N/c1-2-4-13-7-9-17(12-20,10-8-13)11-14-15(18)5-3-6-16(14)19/h3,5-6,13H,2,4,7-11H2,1H3. The molecule has 0 heterocycles. The van der Waals surface area contributed by atoms with Crippen molar-refractivity contribution in [2.24, 2.45) is 11.3 Å². The lowest BCUT2D eigenvalue weighted by molar-refractivity contribution is 0.198. The molecule has 1 nitrogen and oxygen atoms in total. The van der Waals surface area contributed by atoms with Crippen molar-refractivity contribution in [3.05, 3.63) is 35.4 Å². The van der Waals surface area contributed by atoms with Crippen molar-refractivity contribution in [3.63, 3.8) is 0 Å². The van der Waals surface area contributed by atoms with Crippen LogP contribution in [0.25, 0.3) is 0 Å². The van der Waals surface area contributed by atoms with Crippen LogP contribution in [-0.4, -0.2) is 0 Å². The van der Waals surface area contributed by atoms with Crippen LogP contribution in [0.3, 0.4) is 0 Å². The van der Waals surface area contributed by atoms with E-state index >= 15 is 0 Å². The molecule has 108 valence electrons. The maximum absolute atomic E-state index is 13.8. The van der Waals surface area contributed by atoms with Gasteiger partial charge in [-0.1, -0.05) is 25.8 Å². The molecule has 3 heteroatoms. The first-order valence-corrected chi connectivity index (χ1v) is 7.44. The van der Waals surface area contributed by atoms with E-state index in [1.54, 1.807) is 0 Å². The van der Waals surface area contributed by atoms with Crippen LogP contribution in [-0.2, 0) is 6.42 Å². The maximum atomic E-state index is 13.8. The Balaban J connectivity index is 2.12. The van der Waals surface area contributed by atoms with Crippen LogP contribution in [0.15, 0.2) is 18.2 Å². The van der Waals surface area contributed by atoms with Crippen LogP contribution < -0.4 is 0 Å². The lowest BCUT2D eigenvalue weighted by Gasteiger charge is -2.35. The fourth-order valence-electron chi connectivity index (χ4n) is 3.29. The van der Waals surface area contributed by atoms with Gasteiger partial charge in [0.15, 0.2) is 0 Å². The highest BCUT2D eigenvalue weighted by Crippen LogP contribution is 2.42. The normalized spacial score (nSPS) is 26.2. The highest BCUT2D eigenvalue weighted by molar-refractivity contribution is 5.23. The summed E-state index contributed by atoms with van der Waals surface area (Å²) >= 11 is 0. The van der Waals surface area contributed by atoms with E-state index in [0.29, 0.717) is 5.92 Å². The topological polar surface area (TPSA) is 23.8 Å². The monoisotopic (exact) mass is 277 g/mol. The van der Waals surface area contributed by atoms with Crippen molar-refractivity contribution in [1.82, 2.24) is 0 Å². The number of nitrogens with zero attached hydrogens (tertiary/aromatic N) is 1. The average Bonchev–Trinajstić information content (AvgIpc) is 2.45. The summed E-state index contributed by atoms with van der Waals surface area (Å²) in [4.78, 5) is 0. The minimum absolute atomic E-state index is 0.0722. The van der Waals surface area contributed by atoms with Crippen LogP contribution >= 0.6 is 0 Å². The molecule has 0 saturated heterocycles. The second-order valence-electron chi connectivity index (χ2n) is 6.00. The highest BCUT2D eigenvalue weighted by atomic mass is 19.1. The molecule has 20 heavy (non-hydrogen) atoms. The van der Waals surface area contributed by atoms with E-state index in [-0.39, 0.29) is 12.0 Å². The molecular weight excluding hydrogens is 256 g/mol. The summed E-state index contributed by atoms with van der Waals surface area (Å²) in [5, 5.41) is 9.51. The fraction of sp³-hybridized carbons (Fsp3) is 0.588. The van der Waals surface area contributed by atoms with Gasteiger partial charge < -0.3 is 0 Å².